The number of likely N-dealkylation sites (N-methyl/N-ethyl adjacent to an activating group) is 1. The zero-order valence-corrected chi connectivity index (χ0v) is 12.3. The molecule has 1 amide bonds. The summed E-state index contributed by atoms with van der Waals surface area (Å²) in [5.74, 6) is -0.594. The molecule has 1 atom stereocenters. The first-order valence-corrected chi connectivity index (χ1v) is 7.19. The third kappa shape index (κ3) is 4.99. The van der Waals surface area contributed by atoms with Crippen LogP contribution in [0.2, 0.25) is 0 Å². The third-order valence-electron chi connectivity index (χ3n) is 3.49. The maximum Gasteiger partial charge on any atom is 0.238 e. The highest BCUT2D eigenvalue weighted by atomic mass is 19.1. The van der Waals surface area contributed by atoms with Gasteiger partial charge in [-0.25, -0.2) is 4.39 Å². The van der Waals surface area contributed by atoms with Gasteiger partial charge >= 0.3 is 0 Å². The maximum atomic E-state index is 12.9. The molecule has 0 spiro atoms. The lowest BCUT2D eigenvalue weighted by Gasteiger charge is -2.27. The number of carbonyl (C=O) groups excluding carboxylic acids is 1. The second-order valence-electron chi connectivity index (χ2n) is 5.47. The van der Waals surface area contributed by atoms with Crippen molar-refractivity contribution in [3.63, 3.8) is 0 Å². The van der Waals surface area contributed by atoms with Crippen LogP contribution < -0.4 is 11.1 Å². The van der Waals surface area contributed by atoms with Crippen LogP contribution in [0.15, 0.2) is 18.2 Å². The van der Waals surface area contributed by atoms with Crippen LogP contribution in [0.1, 0.15) is 19.3 Å². The normalized spacial score (nSPS) is 18.7. The Bertz CT molecular complexity index is 490. The molecule has 21 heavy (non-hydrogen) atoms. The molecule has 1 aliphatic heterocycles. The van der Waals surface area contributed by atoms with Gasteiger partial charge in [0, 0.05) is 13.2 Å². The number of hydrogen-bond acceptors (Lipinski definition) is 4. The topological polar surface area (TPSA) is 67.6 Å². The fourth-order valence-corrected chi connectivity index (χ4v) is 2.45. The molecule has 3 N–H and O–H groups in total. The summed E-state index contributed by atoms with van der Waals surface area (Å²) in [4.78, 5) is 13.9. The van der Waals surface area contributed by atoms with Crippen LogP contribution in [0.3, 0.4) is 0 Å². The molecule has 0 radical (unpaired) electrons. The van der Waals surface area contributed by atoms with Crippen LogP contribution in [0.25, 0.3) is 0 Å². The number of hydrogen-bond donors (Lipinski definition) is 2. The lowest BCUT2D eigenvalue weighted by atomic mass is 10.1. The Kier molecular flexibility index (Phi) is 5.52. The molecule has 0 saturated carbocycles. The van der Waals surface area contributed by atoms with Gasteiger partial charge in [-0.2, -0.15) is 0 Å². The molecule has 1 aromatic rings. The molecule has 0 aromatic heterocycles. The lowest BCUT2D eigenvalue weighted by molar-refractivity contribution is -0.117. The van der Waals surface area contributed by atoms with E-state index in [2.05, 4.69) is 5.32 Å². The maximum absolute atomic E-state index is 12.9. The van der Waals surface area contributed by atoms with E-state index in [1.807, 2.05) is 11.9 Å². The summed E-state index contributed by atoms with van der Waals surface area (Å²) in [6, 6.07) is 3.92. The number of nitrogens with zero attached hydrogens (tertiary/aromatic N) is 1. The highest BCUT2D eigenvalue weighted by molar-refractivity contribution is 5.95. The van der Waals surface area contributed by atoms with Crippen molar-refractivity contribution in [3.05, 3.63) is 24.0 Å². The van der Waals surface area contributed by atoms with Crippen molar-refractivity contribution in [1.82, 2.24) is 4.90 Å². The third-order valence-corrected chi connectivity index (χ3v) is 3.49. The predicted molar refractivity (Wildman–Crippen MR) is 80.5 cm³/mol. The molecule has 1 aliphatic rings. The van der Waals surface area contributed by atoms with Crippen LogP contribution in [0.5, 0.6) is 0 Å². The van der Waals surface area contributed by atoms with Crippen molar-refractivity contribution in [1.29, 1.82) is 0 Å². The summed E-state index contributed by atoms with van der Waals surface area (Å²) < 4.78 is 18.6. The summed E-state index contributed by atoms with van der Waals surface area (Å²) in [6.07, 6.45) is 3.53. The van der Waals surface area contributed by atoms with Gasteiger partial charge in [-0.15, -0.1) is 0 Å². The summed E-state index contributed by atoms with van der Waals surface area (Å²) in [5.41, 5.74) is 6.32. The van der Waals surface area contributed by atoms with Gasteiger partial charge < -0.3 is 15.8 Å². The van der Waals surface area contributed by atoms with Gasteiger partial charge in [-0.3, -0.25) is 9.69 Å². The van der Waals surface area contributed by atoms with Crippen LogP contribution in [0, 0.1) is 5.82 Å². The first-order chi connectivity index (χ1) is 10.0. The Morgan fingerprint density at radius 1 is 1.52 bits per heavy atom. The Morgan fingerprint density at radius 3 is 3.00 bits per heavy atom. The molecule has 1 aromatic carbocycles. The number of ether oxygens (including phenoxy) is 1. The highest BCUT2D eigenvalue weighted by Gasteiger charge is 2.17. The average Bonchev–Trinajstić information content (AvgIpc) is 2.43. The van der Waals surface area contributed by atoms with Crippen LogP contribution in [0.4, 0.5) is 15.8 Å². The number of nitrogens with two attached hydrogens (primary N) is 1. The number of nitrogens with one attached hydrogen (secondary N) is 1. The summed E-state index contributed by atoms with van der Waals surface area (Å²) in [5, 5.41) is 2.69. The standard InChI is InChI=1S/C15H22FN3O2/c1-19(9-12-4-2-3-7-21-12)10-15(20)18-14-6-5-11(16)8-13(14)17/h5-6,8,12H,2-4,7,9-10,17H2,1H3,(H,18,20). The summed E-state index contributed by atoms with van der Waals surface area (Å²) >= 11 is 0. The first-order valence-electron chi connectivity index (χ1n) is 7.19. The SMILES string of the molecule is CN(CC(=O)Nc1ccc(F)cc1N)CC1CCCCO1. The summed E-state index contributed by atoms with van der Waals surface area (Å²) in [7, 11) is 1.88. The predicted octanol–water partition coefficient (Wildman–Crippen LogP) is 1.85. The van der Waals surface area contributed by atoms with E-state index >= 15 is 0 Å². The van der Waals surface area contributed by atoms with Gasteiger partial charge in [0.2, 0.25) is 5.91 Å². The van der Waals surface area contributed by atoms with Crippen molar-refractivity contribution in [3.8, 4) is 0 Å². The van der Waals surface area contributed by atoms with Crippen molar-refractivity contribution in [2.75, 3.05) is 37.8 Å². The minimum absolute atomic E-state index is 0.174. The number of rotatable bonds is 5. The Hall–Kier alpha value is -1.66. The largest absolute Gasteiger partial charge is 0.397 e. The van der Waals surface area contributed by atoms with Gasteiger partial charge in [0.25, 0.3) is 0 Å². The van der Waals surface area contributed by atoms with Gasteiger partial charge in [0.15, 0.2) is 0 Å². The quantitative estimate of drug-likeness (QED) is 0.814. The molecule has 1 heterocycles. The van der Waals surface area contributed by atoms with E-state index in [0.29, 0.717) is 5.69 Å². The molecular formula is C15H22FN3O2. The molecule has 5 nitrogen and oxygen atoms in total. The van der Waals surface area contributed by atoms with E-state index in [9.17, 15) is 9.18 Å². The molecule has 0 aliphatic carbocycles. The monoisotopic (exact) mass is 295 g/mol. The Morgan fingerprint density at radius 2 is 2.33 bits per heavy atom. The van der Waals surface area contributed by atoms with E-state index in [1.165, 1.54) is 24.6 Å². The molecule has 2 rings (SSSR count). The zero-order chi connectivity index (χ0) is 15.2. The second kappa shape index (κ2) is 7.38. The minimum atomic E-state index is -0.419. The van der Waals surface area contributed by atoms with E-state index in [1.54, 1.807) is 0 Å². The molecule has 1 saturated heterocycles. The number of anilines is 2. The Labute approximate surface area is 124 Å². The van der Waals surface area contributed by atoms with E-state index in [4.69, 9.17) is 10.5 Å². The van der Waals surface area contributed by atoms with Crippen molar-refractivity contribution >= 4 is 17.3 Å². The average molecular weight is 295 g/mol. The van der Waals surface area contributed by atoms with Gasteiger partial charge in [0.1, 0.15) is 5.82 Å². The molecule has 6 heteroatoms. The van der Waals surface area contributed by atoms with Crippen molar-refractivity contribution in [2.24, 2.45) is 0 Å². The van der Waals surface area contributed by atoms with Gasteiger partial charge in [-0.05, 0) is 44.5 Å². The van der Waals surface area contributed by atoms with Crippen LogP contribution >= 0.6 is 0 Å². The molecule has 116 valence electrons. The van der Waals surface area contributed by atoms with Crippen molar-refractivity contribution in [2.45, 2.75) is 25.4 Å². The van der Waals surface area contributed by atoms with E-state index in [0.717, 1.165) is 26.0 Å². The lowest BCUT2D eigenvalue weighted by Crippen LogP contribution is -2.37. The smallest absolute Gasteiger partial charge is 0.238 e. The van der Waals surface area contributed by atoms with Gasteiger partial charge in [0.05, 0.1) is 24.0 Å². The minimum Gasteiger partial charge on any atom is -0.397 e. The number of amides is 1. The van der Waals surface area contributed by atoms with E-state index in [-0.39, 0.29) is 24.2 Å². The molecule has 0 bridgehead atoms. The fourth-order valence-electron chi connectivity index (χ4n) is 2.45. The van der Waals surface area contributed by atoms with Crippen LogP contribution in [-0.4, -0.2) is 43.7 Å². The molecular weight excluding hydrogens is 273 g/mol. The van der Waals surface area contributed by atoms with E-state index < -0.39 is 5.82 Å². The molecule has 1 fully saturated rings. The number of nitrogen functional groups attached to an aromatic ring is 1. The summed E-state index contributed by atoms with van der Waals surface area (Å²) in [6.45, 7) is 1.78. The highest BCUT2D eigenvalue weighted by Crippen LogP contribution is 2.19. The van der Waals surface area contributed by atoms with Crippen LogP contribution in [-0.2, 0) is 9.53 Å². The fraction of sp³-hybridized carbons (Fsp3) is 0.533. The van der Waals surface area contributed by atoms with Gasteiger partial charge in [-0.1, -0.05) is 0 Å². The number of halogens is 1. The van der Waals surface area contributed by atoms with Crippen molar-refractivity contribution < 1.29 is 13.9 Å². The molecule has 1 unspecified atom stereocenters. The zero-order valence-electron chi connectivity index (χ0n) is 12.3. The number of carbonyl (C=O) groups is 1. The second-order valence-corrected chi connectivity index (χ2v) is 5.47. The first kappa shape index (κ1) is 15.7. The Balaban J connectivity index is 1.80. The number of benzene rings is 1.